The van der Waals surface area contributed by atoms with E-state index < -0.39 is 28.8 Å². The molecule has 0 aliphatic carbocycles. The number of nitrogens with one attached hydrogen (secondary N) is 1. The van der Waals surface area contributed by atoms with Gasteiger partial charge in [-0.15, -0.1) is 0 Å². The van der Waals surface area contributed by atoms with Crippen LogP contribution in [0.4, 0.5) is 11.5 Å². The molecule has 0 saturated heterocycles. The lowest BCUT2D eigenvalue weighted by Crippen LogP contribution is -2.37. The highest BCUT2D eigenvalue weighted by Crippen LogP contribution is 2.23. The van der Waals surface area contributed by atoms with Crippen molar-refractivity contribution in [1.82, 2.24) is 4.98 Å². The van der Waals surface area contributed by atoms with Crippen LogP contribution in [0.15, 0.2) is 12.3 Å². The van der Waals surface area contributed by atoms with Gasteiger partial charge in [-0.1, -0.05) is 0 Å². The van der Waals surface area contributed by atoms with Crippen LogP contribution in [0.3, 0.4) is 0 Å². The van der Waals surface area contributed by atoms with Crippen LogP contribution >= 0.6 is 0 Å². The third-order valence-corrected chi connectivity index (χ3v) is 2.29. The SMILES string of the molecule is CC(O)(CO)CNc1ncc(C(=O)O)cc1[N+](=O)[O-]. The molecule has 19 heavy (non-hydrogen) atoms. The van der Waals surface area contributed by atoms with Gasteiger partial charge in [0.25, 0.3) is 0 Å². The number of aromatic carboxylic acids is 1. The minimum atomic E-state index is -1.47. The van der Waals surface area contributed by atoms with Crippen LogP contribution in [0.5, 0.6) is 0 Å². The fourth-order valence-electron chi connectivity index (χ4n) is 1.18. The summed E-state index contributed by atoms with van der Waals surface area (Å²) < 4.78 is 0. The summed E-state index contributed by atoms with van der Waals surface area (Å²) in [5.41, 5.74) is -2.30. The van der Waals surface area contributed by atoms with Crippen molar-refractivity contribution in [3.63, 3.8) is 0 Å². The predicted octanol–water partition coefficient (Wildman–Crippen LogP) is -0.157. The molecule has 0 aliphatic rings. The first-order valence-corrected chi connectivity index (χ1v) is 5.21. The molecule has 1 aromatic heterocycles. The molecule has 1 aromatic rings. The van der Waals surface area contributed by atoms with Crippen molar-refractivity contribution in [3.8, 4) is 0 Å². The van der Waals surface area contributed by atoms with Gasteiger partial charge in [-0.05, 0) is 6.92 Å². The molecule has 1 atom stereocenters. The lowest BCUT2D eigenvalue weighted by molar-refractivity contribution is -0.384. The molecule has 1 heterocycles. The van der Waals surface area contributed by atoms with Gasteiger partial charge in [0.1, 0.15) is 5.60 Å². The fourth-order valence-corrected chi connectivity index (χ4v) is 1.18. The number of pyridine rings is 1. The van der Waals surface area contributed by atoms with E-state index in [0.717, 1.165) is 12.3 Å². The van der Waals surface area contributed by atoms with Gasteiger partial charge in [0, 0.05) is 18.8 Å². The number of carboxylic acids is 1. The number of carboxylic acid groups (broad SMARTS) is 1. The van der Waals surface area contributed by atoms with E-state index in [1.807, 2.05) is 0 Å². The van der Waals surface area contributed by atoms with Crippen LogP contribution in [0, 0.1) is 10.1 Å². The van der Waals surface area contributed by atoms with Gasteiger partial charge in [-0.3, -0.25) is 10.1 Å². The largest absolute Gasteiger partial charge is 0.478 e. The van der Waals surface area contributed by atoms with Gasteiger partial charge in [-0.2, -0.15) is 0 Å². The average molecular weight is 271 g/mol. The van der Waals surface area contributed by atoms with Crippen molar-refractivity contribution in [2.45, 2.75) is 12.5 Å². The molecule has 104 valence electrons. The molecule has 4 N–H and O–H groups in total. The van der Waals surface area contributed by atoms with E-state index in [1.165, 1.54) is 6.92 Å². The van der Waals surface area contributed by atoms with Crippen molar-refractivity contribution >= 4 is 17.5 Å². The average Bonchev–Trinajstić information content (AvgIpc) is 2.36. The third kappa shape index (κ3) is 3.86. The molecule has 0 radical (unpaired) electrons. The third-order valence-electron chi connectivity index (χ3n) is 2.29. The van der Waals surface area contributed by atoms with Gasteiger partial charge in [0.2, 0.25) is 5.82 Å². The van der Waals surface area contributed by atoms with Crippen molar-refractivity contribution in [2.75, 3.05) is 18.5 Å². The molecule has 1 unspecified atom stereocenters. The number of aliphatic hydroxyl groups excluding tert-OH is 1. The Morgan fingerprint density at radius 1 is 1.63 bits per heavy atom. The molecule has 0 saturated carbocycles. The molecule has 9 heteroatoms. The Kier molecular flexibility index (Phi) is 4.35. The maximum atomic E-state index is 10.8. The van der Waals surface area contributed by atoms with E-state index in [4.69, 9.17) is 10.2 Å². The number of anilines is 1. The highest BCUT2D eigenvalue weighted by Gasteiger charge is 2.23. The summed E-state index contributed by atoms with van der Waals surface area (Å²) in [5, 5.41) is 40.4. The van der Waals surface area contributed by atoms with E-state index >= 15 is 0 Å². The number of carbonyl (C=O) groups is 1. The maximum Gasteiger partial charge on any atom is 0.337 e. The van der Waals surface area contributed by atoms with Crippen LogP contribution in [0.2, 0.25) is 0 Å². The van der Waals surface area contributed by atoms with Gasteiger partial charge >= 0.3 is 11.7 Å². The van der Waals surface area contributed by atoms with Crippen LogP contribution in [0.25, 0.3) is 0 Å². The zero-order valence-electron chi connectivity index (χ0n) is 10.0. The molecule has 1 rings (SSSR count). The quantitative estimate of drug-likeness (QED) is 0.412. The Bertz CT molecular complexity index is 502. The molecule has 0 spiro atoms. The Morgan fingerprint density at radius 2 is 2.26 bits per heavy atom. The van der Waals surface area contributed by atoms with Crippen molar-refractivity contribution in [1.29, 1.82) is 0 Å². The van der Waals surface area contributed by atoms with Crippen LogP contribution in [-0.4, -0.2) is 49.9 Å². The summed E-state index contributed by atoms with van der Waals surface area (Å²) in [7, 11) is 0. The molecule has 0 aromatic carbocycles. The first kappa shape index (κ1) is 14.8. The highest BCUT2D eigenvalue weighted by atomic mass is 16.6. The summed E-state index contributed by atoms with van der Waals surface area (Å²) >= 11 is 0. The highest BCUT2D eigenvalue weighted by molar-refractivity contribution is 5.88. The van der Waals surface area contributed by atoms with E-state index in [9.17, 15) is 20.0 Å². The van der Waals surface area contributed by atoms with E-state index in [2.05, 4.69) is 10.3 Å². The minimum Gasteiger partial charge on any atom is -0.478 e. The lowest BCUT2D eigenvalue weighted by Gasteiger charge is -2.20. The Hall–Kier alpha value is -2.26. The second kappa shape index (κ2) is 5.59. The topological polar surface area (TPSA) is 146 Å². The molecule has 9 nitrogen and oxygen atoms in total. The minimum absolute atomic E-state index is 0.177. The molecule has 0 fully saturated rings. The first-order valence-electron chi connectivity index (χ1n) is 5.21. The molecular formula is C10H13N3O6. The summed E-state index contributed by atoms with van der Waals surface area (Å²) in [4.78, 5) is 24.4. The molecule has 0 amide bonds. The van der Waals surface area contributed by atoms with E-state index in [0.29, 0.717) is 0 Å². The fraction of sp³-hybridized carbons (Fsp3) is 0.400. The van der Waals surface area contributed by atoms with Crippen molar-refractivity contribution < 1.29 is 25.0 Å². The molecule has 0 bridgehead atoms. The van der Waals surface area contributed by atoms with Gasteiger partial charge in [0.05, 0.1) is 17.1 Å². The number of nitro groups is 1. The smallest absolute Gasteiger partial charge is 0.337 e. The first-order chi connectivity index (χ1) is 8.76. The molecule has 0 aliphatic heterocycles. The number of rotatable bonds is 6. The number of hydrogen-bond acceptors (Lipinski definition) is 7. The van der Waals surface area contributed by atoms with Gasteiger partial charge in [0.15, 0.2) is 0 Å². The summed E-state index contributed by atoms with van der Waals surface area (Å²) in [5.74, 6) is -1.51. The summed E-state index contributed by atoms with van der Waals surface area (Å²) in [6.45, 7) is 0.613. The Labute approximate surface area is 107 Å². The van der Waals surface area contributed by atoms with E-state index in [-0.39, 0.29) is 17.9 Å². The van der Waals surface area contributed by atoms with Crippen LogP contribution in [0.1, 0.15) is 17.3 Å². The summed E-state index contributed by atoms with van der Waals surface area (Å²) in [6, 6.07) is 0.866. The normalized spacial score (nSPS) is 13.6. The van der Waals surface area contributed by atoms with E-state index in [1.54, 1.807) is 0 Å². The standard InChI is InChI=1S/C10H13N3O6/c1-10(17,5-14)4-12-8-7(13(18)19)2-6(3-11-8)9(15)16/h2-3,14,17H,4-5H2,1H3,(H,11,12)(H,15,16). The lowest BCUT2D eigenvalue weighted by atomic mass is 10.1. The maximum absolute atomic E-state index is 10.8. The van der Waals surface area contributed by atoms with Crippen LogP contribution in [-0.2, 0) is 0 Å². The number of aromatic nitrogens is 1. The monoisotopic (exact) mass is 271 g/mol. The second-order valence-electron chi connectivity index (χ2n) is 4.16. The van der Waals surface area contributed by atoms with Crippen LogP contribution < -0.4 is 5.32 Å². The zero-order chi connectivity index (χ0) is 14.6. The second-order valence-corrected chi connectivity index (χ2v) is 4.16. The zero-order valence-corrected chi connectivity index (χ0v) is 10.0. The predicted molar refractivity (Wildman–Crippen MR) is 64.1 cm³/mol. The Balaban J connectivity index is 3.01. The van der Waals surface area contributed by atoms with Gasteiger partial charge in [-0.25, -0.2) is 9.78 Å². The number of nitrogens with zero attached hydrogens (tertiary/aromatic N) is 2. The Morgan fingerprint density at radius 3 is 2.74 bits per heavy atom. The summed E-state index contributed by atoms with van der Waals surface area (Å²) in [6.07, 6.45) is 0.964. The number of hydrogen-bond donors (Lipinski definition) is 4. The number of aliphatic hydroxyl groups is 2. The van der Waals surface area contributed by atoms with Crippen molar-refractivity contribution in [2.24, 2.45) is 0 Å². The van der Waals surface area contributed by atoms with Crippen molar-refractivity contribution in [3.05, 3.63) is 27.9 Å². The molecular weight excluding hydrogens is 258 g/mol. The van der Waals surface area contributed by atoms with Gasteiger partial charge < -0.3 is 20.6 Å².